The van der Waals surface area contributed by atoms with Crippen LogP contribution in [-0.4, -0.2) is 27.6 Å². The van der Waals surface area contributed by atoms with Crippen LogP contribution in [0.2, 0.25) is 0 Å². The first-order valence-corrected chi connectivity index (χ1v) is 7.53. The summed E-state index contributed by atoms with van der Waals surface area (Å²) in [4.78, 5) is 12.8. The molecule has 1 unspecified atom stereocenters. The summed E-state index contributed by atoms with van der Waals surface area (Å²) in [6, 6.07) is 8.03. The van der Waals surface area contributed by atoms with E-state index in [-0.39, 0.29) is 6.04 Å². The molecule has 0 bridgehead atoms. The van der Waals surface area contributed by atoms with E-state index in [1.54, 1.807) is 0 Å². The number of hydrogen-bond acceptors (Lipinski definition) is 6. The van der Waals surface area contributed by atoms with Crippen LogP contribution in [0.15, 0.2) is 36.5 Å². The van der Waals surface area contributed by atoms with Crippen molar-refractivity contribution in [3.63, 3.8) is 0 Å². The van der Waals surface area contributed by atoms with Gasteiger partial charge in [-0.3, -0.25) is 0 Å². The van der Waals surface area contributed by atoms with Gasteiger partial charge >= 0.3 is 0 Å². The number of nitrogens with one attached hydrogen (secondary N) is 2. The third-order valence-corrected chi connectivity index (χ3v) is 2.94. The van der Waals surface area contributed by atoms with Crippen LogP contribution >= 0.6 is 0 Å². The van der Waals surface area contributed by atoms with Crippen LogP contribution < -0.4 is 15.4 Å². The van der Waals surface area contributed by atoms with Gasteiger partial charge in [-0.2, -0.15) is 15.0 Å². The molecule has 0 aliphatic rings. The first kappa shape index (κ1) is 16.7. The number of benzene rings is 1. The normalized spacial score (nSPS) is 11.7. The van der Waals surface area contributed by atoms with Crippen LogP contribution in [0.25, 0.3) is 0 Å². The van der Waals surface area contributed by atoms with Gasteiger partial charge in [0.25, 0.3) is 0 Å². The van der Waals surface area contributed by atoms with Crippen LogP contribution in [0.5, 0.6) is 5.75 Å². The maximum absolute atomic E-state index is 5.78. The number of nitrogens with zero attached hydrogens (tertiary/aromatic N) is 3. The highest BCUT2D eigenvalue weighted by Gasteiger charge is 2.08. The van der Waals surface area contributed by atoms with E-state index in [0.29, 0.717) is 24.3 Å². The maximum Gasteiger partial charge on any atom is 0.231 e. The van der Waals surface area contributed by atoms with Crippen LogP contribution in [-0.2, 0) is 0 Å². The van der Waals surface area contributed by atoms with Gasteiger partial charge in [0.1, 0.15) is 18.2 Å². The van der Waals surface area contributed by atoms with E-state index >= 15 is 0 Å². The number of rotatable bonds is 7. The molecule has 0 radical (unpaired) electrons. The van der Waals surface area contributed by atoms with E-state index in [9.17, 15) is 0 Å². The smallest absolute Gasteiger partial charge is 0.231 e. The predicted molar refractivity (Wildman–Crippen MR) is 92.8 cm³/mol. The van der Waals surface area contributed by atoms with E-state index in [2.05, 4.69) is 32.2 Å². The number of ether oxygens (including phenoxy) is 1. The van der Waals surface area contributed by atoms with E-state index in [1.807, 2.05) is 52.0 Å². The first-order valence-electron chi connectivity index (χ1n) is 7.53. The second kappa shape index (κ2) is 7.58. The summed E-state index contributed by atoms with van der Waals surface area (Å²) in [5.41, 5.74) is 1.95. The van der Waals surface area contributed by atoms with Crippen molar-refractivity contribution >= 4 is 11.9 Å². The summed E-state index contributed by atoms with van der Waals surface area (Å²) >= 11 is 0. The average Bonchev–Trinajstić information content (AvgIpc) is 2.44. The molecule has 1 aromatic carbocycles. The van der Waals surface area contributed by atoms with Crippen LogP contribution in [0, 0.1) is 13.8 Å². The summed E-state index contributed by atoms with van der Waals surface area (Å²) in [6.45, 7) is 12.0. The van der Waals surface area contributed by atoms with Crippen molar-refractivity contribution < 1.29 is 4.74 Å². The zero-order chi connectivity index (χ0) is 16.8. The van der Waals surface area contributed by atoms with Gasteiger partial charge in [-0.1, -0.05) is 18.7 Å². The Morgan fingerprint density at radius 2 is 1.96 bits per heavy atom. The summed E-state index contributed by atoms with van der Waals surface area (Å²) in [7, 11) is 0. The van der Waals surface area contributed by atoms with E-state index < -0.39 is 0 Å². The van der Waals surface area contributed by atoms with Gasteiger partial charge in [-0.25, -0.2) is 0 Å². The molecule has 1 aromatic heterocycles. The van der Waals surface area contributed by atoms with Crippen molar-refractivity contribution in [1.29, 1.82) is 0 Å². The van der Waals surface area contributed by atoms with E-state index in [0.717, 1.165) is 11.4 Å². The lowest BCUT2D eigenvalue weighted by Crippen LogP contribution is -2.25. The number of aromatic nitrogens is 3. The molecule has 6 nitrogen and oxygen atoms in total. The number of aryl methyl sites for hydroxylation is 2. The van der Waals surface area contributed by atoms with Crippen LogP contribution in [0.1, 0.15) is 25.2 Å². The lowest BCUT2D eigenvalue weighted by atomic mass is 10.2. The molecule has 0 aliphatic heterocycles. The van der Waals surface area contributed by atoms with Crippen molar-refractivity contribution in [2.45, 2.75) is 33.7 Å². The summed E-state index contributed by atoms with van der Waals surface area (Å²) in [6.07, 6.45) is 0. The minimum atomic E-state index is 0.0509. The molecule has 0 aliphatic carbocycles. The topological polar surface area (TPSA) is 72.0 Å². The molecular formula is C17H23N5O. The third-order valence-electron chi connectivity index (χ3n) is 2.94. The van der Waals surface area contributed by atoms with Crippen molar-refractivity contribution in [1.82, 2.24) is 15.0 Å². The molecule has 1 heterocycles. The molecule has 0 amide bonds. The Morgan fingerprint density at radius 3 is 2.65 bits per heavy atom. The quantitative estimate of drug-likeness (QED) is 0.817. The highest BCUT2D eigenvalue weighted by molar-refractivity contribution is 5.38. The van der Waals surface area contributed by atoms with Gasteiger partial charge < -0.3 is 15.4 Å². The Morgan fingerprint density at radius 1 is 1.22 bits per heavy atom. The molecule has 2 aromatic rings. The highest BCUT2D eigenvalue weighted by atomic mass is 16.5. The van der Waals surface area contributed by atoms with Crippen LogP contribution in [0.3, 0.4) is 0 Å². The average molecular weight is 313 g/mol. The molecule has 122 valence electrons. The Labute approximate surface area is 137 Å². The molecule has 2 N–H and O–H groups in total. The lowest BCUT2D eigenvalue weighted by molar-refractivity contribution is 0.303. The van der Waals surface area contributed by atoms with Gasteiger partial charge in [-0.05, 0) is 45.4 Å². The Bertz CT molecular complexity index is 686. The Kier molecular flexibility index (Phi) is 5.51. The number of hydrogen-bond donors (Lipinski definition) is 2. The molecule has 2 rings (SSSR count). The number of allylic oxidation sites excluding steroid dienone is 1. The lowest BCUT2D eigenvalue weighted by Gasteiger charge is -2.16. The van der Waals surface area contributed by atoms with E-state index in [1.165, 1.54) is 5.56 Å². The number of anilines is 2. The third kappa shape index (κ3) is 5.58. The standard InChI is InChI=1S/C17H23N5O/c1-11(2)18-16-20-14(5)21-17(22-16)19-13(4)10-23-15-8-6-7-12(3)9-15/h6-9,13H,1,10H2,2-5H3,(H2,18,19,20,21,22). The fourth-order valence-electron chi connectivity index (χ4n) is 1.98. The predicted octanol–water partition coefficient (Wildman–Crippen LogP) is 3.31. The second-order valence-electron chi connectivity index (χ2n) is 5.61. The molecule has 0 saturated carbocycles. The van der Waals surface area contributed by atoms with Crippen molar-refractivity contribution in [3.8, 4) is 5.75 Å². The van der Waals surface area contributed by atoms with Crippen molar-refractivity contribution in [2.24, 2.45) is 0 Å². The largest absolute Gasteiger partial charge is 0.491 e. The summed E-state index contributed by atoms with van der Waals surface area (Å²) < 4.78 is 5.78. The van der Waals surface area contributed by atoms with Gasteiger partial charge in [0.05, 0.1) is 6.04 Å². The van der Waals surface area contributed by atoms with Gasteiger partial charge in [-0.15, -0.1) is 0 Å². The Hall–Kier alpha value is -2.63. The first-order chi connectivity index (χ1) is 10.9. The van der Waals surface area contributed by atoms with Gasteiger partial charge in [0.2, 0.25) is 11.9 Å². The fourth-order valence-corrected chi connectivity index (χ4v) is 1.98. The minimum absolute atomic E-state index is 0.0509. The monoisotopic (exact) mass is 313 g/mol. The maximum atomic E-state index is 5.78. The molecular weight excluding hydrogens is 290 g/mol. The fraction of sp³-hybridized carbons (Fsp3) is 0.353. The zero-order valence-electron chi connectivity index (χ0n) is 14.1. The second-order valence-corrected chi connectivity index (χ2v) is 5.61. The summed E-state index contributed by atoms with van der Waals surface area (Å²) in [5.74, 6) is 2.49. The van der Waals surface area contributed by atoms with E-state index in [4.69, 9.17) is 4.74 Å². The summed E-state index contributed by atoms with van der Waals surface area (Å²) in [5, 5.41) is 6.22. The highest BCUT2D eigenvalue weighted by Crippen LogP contribution is 2.13. The molecule has 6 heteroatoms. The van der Waals surface area contributed by atoms with Gasteiger partial charge in [0, 0.05) is 5.70 Å². The Balaban J connectivity index is 1.95. The zero-order valence-corrected chi connectivity index (χ0v) is 14.1. The van der Waals surface area contributed by atoms with Crippen molar-refractivity contribution in [3.05, 3.63) is 47.9 Å². The minimum Gasteiger partial charge on any atom is -0.491 e. The van der Waals surface area contributed by atoms with Gasteiger partial charge in [0.15, 0.2) is 0 Å². The molecule has 23 heavy (non-hydrogen) atoms. The van der Waals surface area contributed by atoms with Crippen molar-refractivity contribution in [2.75, 3.05) is 17.2 Å². The molecule has 0 fully saturated rings. The van der Waals surface area contributed by atoms with Crippen LogP contribution in [0.4, 0.5) is 11.9 Å². The SMILES string of the molecule is C=C(C)Nc1nc(C)nc(NC(C)COc2cccc(C)c2)n1. The molecule has 0 saturated heterocycles. The molecule has 1 atom stereocenters. The molecule has 0 spiro atoms.